The molecule has 0 aromatic carbocycles. The number of carbonyl (C=O) groups excluding carboxylic acids is 1. The van der Waals surface area contributed by atoms with Crippen LogP contribution < -0.4 is 5.73 Å². The third-order valence-corrected chi connectivity index (χ3v) is 3.48. The summed E-state index contributed by atoms with van der Waals surface area (Å²) in [5, 5.41) is 9.18. The zero-order valence-corrected chi connectivity index (χ0v) is 11.2. The van der Waals surface area contributed by atoms with Gasteiger partial charge in [0.1, 0.15) is 5.01 Å². The maximum absolute atomic E-state index is 11.5. The Morgan fingerprint density at radius 2 is 2.11 bits per heavy atom. The first kappa shape index (κ1) is 13.0. The van der Waals surface area contributed by atoms with Crippen molar-refractivity contribution < 1.29 is 9.53 Å². The number of amides is 1. The Labute approximate surface area is 110 Å². The first-order valence-electron chi connectivity index (χ1n) is 5.91. The van der Waals surface area contributed by atoms with Crippen LogP contribution in [0.25, 0.3) is 0 Å². The summed E-state index contributed by atoms with van der Waals surface area (Å²) < 4.78 is 4.97. The fraction of sp³-hybridized carbons (Fsp3) is 0.700. The van der Waals surface area contributed by atoms with Crippen molar-refractivity contribution in [2.24, 2.45) is 0 Å². The molecule has 2 heterocycles. The minimum atomic E-state index is -0.225. The van der Waals surface area contributed by atoms with Crippen molar-refractivity contribution in [1.29, 1.82) is 0 Å². The van der Waals surface area contributed by atoms with Crippen LogP contribution >= 0.6 is 11.3 Å². The Bertz CT molecular complexity index is 403. The fourth-order valence-corrected chi connectivity index (χ4v) is 2.48. The summed E-state index contributed by atoms with van der Waals surface area (Å²) in [6.07, 6.45) is -0.225. The summed E-state index contributed by atoms with van der Waals surface area (Å²) in [6, 6.07) is 0. The van der Waals surface area contributed by atoms with Crippen LogP contribution in [0.15, 0.2) is 0 Å². The molecule has 1 aliphatic heterocycles. The van der Waals surface area contributed by atoms with Crippen LogP contribution in [0.2, 0.25) is 0 Å². The zero-order valence-electron chi connectivity index (χ0n) is 10.3. The summed E-state index contributed by atoms with van der Waals surface area (Å²) in [6.45, 7) is 5.99. The maximum Gasteiger partial charge on any atom is 0.409 e. The quantitative estimate of drug-likeness (QED) is 0.856. The molecule has 2 rings (SSSR count). The predicted octanol–water partition coefficient (Wildman–Crippen LogP) is 0.394. The van der Waals surface area contributed by atoms with Crippen LogP contribution in [0.1, 0.15) is 11.9 Å². The van der Waals surface area contributed by atoms with Crippen molar-refractivity contribution in [2.45, 2.75) is 13.5 Å². The highest BCUT2D eigenvalue weighted by Crippen LogP contribution is 2.14. The number of aromatic nitrogens is 2. The Kier molecular flexibility index (Phi) is 4.32. The molecule has 0 saturated carbocycles. The third-order valence-electron chi connectivity index (χ3n) is 2.74. The highest BCUT2D eigenvalue weighted by atomic mass is 32.1. The molecule has 0 spiro atoms. The topological polar surface area (TPSA) is 84.6 Å². The molecular formula is C10H17N5O2S. The molecule has 0 bridgehead atoms. The summed E-state index contributed by atoms with van der Waals surface area (Å²) >= 11 is 1.41. The number of ether oxygens (including phenoxy) is 1. The number of nitrogen functional groups attached to an aromatic ring is 1. The van der Waals surface area contributed by atoms with Gasteiger partial charge in [0.15, 0.2) is 0 Å². The number of nitrogens with zero attached hydrogens (tertiary/aromatic N) is 4. The number of rotatable bonds is 3. The van der Waals surface area contributed by atoms with E-state index in [4.69, 9.17) is 10.5 Å². The van der Waals surface area contributed by atoms with Crippen LogP contribution in [0.5, 0.6) is 0 Å². The van der Waals surface area contributed by atoms with E-state index in [0.29, 0.717) is 24.8 Å². The average molecular weight is 271 g/mol. The van der Waals surface area contributed by atoms with E-state index in [1.54, 1.807) is 4.90 Å². The van der Waals surface area contributed by atoms with E-state index < -0.39 is 0 Å². The molecule has 18 heavy (non-hydrogen) atoms. The van der Waals surface area contributed by atoms with Gasteiger partial charge in [-0.3, -0.25) is 4.90 Å². The standard InChI is InChI=1S/C10H17N5O2S/c1-2-17-10(16)15-5-3-14(4-6-15)7-8-12-13-9(11)18-8/h2-7H2,1H3,(H2,11,13). The van der Waals surface area contributed by atoms with Crippen molar-refractivity contribution in [2.75, 3.05) is 38.5 Å². The van der Waals surface area contributed by atoms with Gasteiger partial charge in [-0.05, 0) is 6.92 Å². The van der Waals surface area contributed by atoms with E-state index in [0.717, 1.165) is 24.6 Å². The predicted molar refractivity (Wildman–Crippen MR) is 68.2 cm³/mol. The molecular weight excluding hydrogens is 254 g/mol. The Balaban J connectivity index is 1.78. The molecule has 0 unspecified atom stereocenters. The van der Waals surface area contributed by atoms with Gasteiger partial charge < -0.3 is 15.4 Å². The Hall–Kier alpha value is -1.41. The van der Waals surface area contributed by atoms with Crippen molar-refractivity contribution in [1.82, 2.24) is 20.0 Å². The van der Waals surface area contributed by atoms with Crippen molar-refractivity contribution in [3.05, 3.63) is 5.01 Å². The summed E-state index contributed by atoms with van der Waals surface area (Å²) in [7, 11) is 0. The lowest BCUT2D eigenvalue weighted by molar-refractivity contribution is 0.0778. The molecule has 2 N–H and O–H groups in total. The number of carbonyl (C=O) groups is 1. The minimum Gasteiger partial charge on any atom is -0.450 e. The molecule has 0 atom stereocenters. The van der Waals surface area contributed by atoms with E-state index in [1.807, 2.05) is 6.92 Å². The van der Waals surface area contributed by atoms with Gasteiger partial charge >= 0.3 is 6.09 Å². The lowest BCUT2D eigenvalue weighted by Crippen LogP contribution is -2.48. The van der Waals surface area contributed by atoms with E-state index in [9.17, 15) is 4.79 Å². The summed E-state index contributed by atoms with van der Waals surface area (Å²) in [5.74, 6) is 0. The lowest BCUT2D eigenvalue weighted by Gasteiger charge is -2.33. The molecule has 8 heteroatoms. The van der Waals surface area contributed by atoms with Gasteiger partial charge in [-0.1, -0.05) is 11.3 Å². The van der Waals surface area contributed by atoms with Gasteiger partial charge in [0.2, 0.25) is 5.13 Å². The summed E-state index contributed by atoms with van der Waals surface area (Å²) in [5.41, 5.74) is 5.54. The van der Waals surface area contributed by atoms with Gasteiger partial charge in [-0.25, -0.2) is 4.79 Å². The van der Waals surface area contributed by atoms with Crippen LogP contribution in [0.4, 0.5) is 9.93 Å². The fourth-order valence-electron chi connectivity index (χ4n) is 1.83. The average Bonchev–Trinajstić information content (AvgIpc) is 2.76. The number of hydrogen-bond donors (Lipinski definition) is 1. The Morgan fingerprint density at radius 3 is 2.67 bits per heavy atom. The van der Waals surface area contributed by atoms with Crippen LogP contribution in [-0.4, -0.2) is 58.9 Å². The van der Waals surface area contributed by atoms with Crippen LogP contribution in [-0.2, 0) is 11.3 Å². The lowest BCUT2D eigenvalue weighted by atomic mass is 10.3. The van der Waals surface area contributed by atoms with Gasteiger partial charge in [0.05, 0.1) is 13.2 Å². The summed E-state index contributed by atoms with van der Waals surface area (Å²) in [4.78, 5) is 15.5. The van der Waals surface area contributed by atoms with Crippen LogP contribution in [0, 0.1) is 0 Å². The van der Waals surface area contributed by atoms with Gasteiger partial charge in [0, 0.05) is 26.2 Å². The van der Waals surface area contributed by atoms with Crippen LogP contribution in [0.3, 0.4) is 0 Å². The van der Waals surface area contributed by atoms with E-state index in [1.165, 1.54) is 11.3 Å². The first-order chi connectivity index (χ1) is 8.69. The van der Waals surface area contributed by atoms with E-state index in [-0.39, 0.29) is 6.09 Å². The highest BCUT2D eigenvalue weighted by Gasteiger charge is 2.22. The van der Waals surface area contributed by atoms with Crippen molar-refractivity contribution in [3.63, 3.8) is 0 Å². The molecule has 1 saturated heterocycles. The molecule has 100 valence electrons. The second-order valence-electron chi connectivity index (χ2n) is 4.00. The van der Waals surface area contributed by atoms with E-state index >= 15 is 0 Å². The maximum atomic E-state index is 11.5. The number of nitrogens with two attached hydrogens (primary N) is 1. The molecule has 1 fully saturated rings. The minimum absolute atomic E-state index is 0.225. The monoisotopic (exact) mass is 271 g/mol. The normalized spacial score (nSPS) is 16.8. The highest BCUT2D eigenvalue weighted by molar-refractivity contribution is 7.15. The first-order valence-corrected chi connectivity index (χ1v) is 6.72. The second-order valence-corrected chi connectivity index (χ2v) is 5.09. The molecule has 1 amide bonds. The smallest absolute Gasteiger partial charge is 0.409 e. The van der Waals surface area contributed by atoms with Gasteiger partial charge in [0.25, 0.3) is 0 Å². The van der Waals surface area contributed by atoms with Gasteiger partial charge in [-0.15, -0.1) is 10.2 Å². The zero-order chi connectivity index (χ0) is 13.0. The number of anilines is 1. The molecule has 7 nitrogen and oxygen atoms in total. The van der Waals surface area contributed by atoms with Crippen molar-refractivity contribution in [3.8, 4) is 0 Å². The number of hydrogen-bond acceptors (Lipinski definition) is 7. The largest absolute Gasteiger partial charge is 0.450 e. The SMILES string of the molecule is CCOC(=O)N1CCN(Cc2nnc(N)s2)CC1. The molecule has 1 aromatic heterocycles. The third kappa shape index (κ3) is 3.30. The Morgan fingerprint density at radius 1 is 1.39 bits per heavy atom. The molecule has 1 aromatic rings. The molecule has 1 aliphatic rings. The van der Waals surface area contributed by atoms with E-state index in [2.05, 4.69) is 15.1 Å². The molecule has 0 aliphatic carbocycles. The van der Waals surface area contributed by atoms with Crippen molar-refractivity contribution >= 4 is 22.6 Å². The number of piperazine rings is 1. The second kappa shape index (κ2) is 5.96. The molecule has 0 radical (unpaired) electrons. The van der Waals surface area contributed by atoms with Gasteiger partial charge in [-0.2, -0.15) is 0 Å².